The van der Waals surface area contributed by atoms with Gasteiger partial charge in [0.25, 0.3) is 0 Å². The third-order valence-electron chi connectivity index (χ3n) is 17.1. The van der Waals surface area contributed by atoms with Crippen LogP contribution in [0.15, 0.2) is 313 Å². The van der Waals surface area contributed by atoms with Gasteiger partial charge >= 0.3 is 0 Å². The van der Waals surface area contributed by atoms with E-state index in [2.05, 4.69) is 331 Å². The van der Waals surface area contributed by atoms with Crippen LogP contribution < -0.4 is 0 Å². The summed E-state index contributed by atoms with van der Waals surface area (Å²) >= 11 is 0. The minimum absolute atomic E-state index is 0.0273. The molecule has 406 valence electrons. The smallest absolute Gasteiger partial charge is 0.0979 e. The van der Waals surface area contributed by atoms with Gasteiger partial charge in [0.15, 0.2) is 0 Å². The van der Waals surface area contributed by atoms with Gasteiger partial charge in [-0.25, -0.2) is 9.98 Å². The van der Waals surface area contributed by atoms with E-state index in [1.165, 1.54) is 77.5 Å². The summed E-state index contributed by atoms with van der Waals surface area (Å²) < 4.78 is 0. The van der Waals surface area contributed by atoms with Crippen LogP contribution in [0.4, 0.5) is 11.4 Å². The molecule has 84 heavy (non-hydrogen) atoms. The van der Waals surface area contributed by atoms with Crippen LogP contribution in [-0.4, -0.2) is 11.4 Å². The minimum atomic E-state index is -0.150. The van der Waals surface area contributed by atoms with Crippen LogP contribution >= 0.6 is 0 Å². The van der Waals surface area contributed by atoms with E-state index in [0.29, 0.717) is 0 Å². The topological polar surface area (TPSA) is 24.7 Å². The van der Waals surface area contributed by atoms with Crippen molar-refractivity contribution in [2.24, 2.45) is 9.98 Å². The second-order valence-corrected chi connectivity index (χ2v) is 23.1. The molecular formula is C82H68N2. The summed E-state index contributed by atoms with van der Waals surface area (Å²) in [5.74, 6) is -0.144. The summed E-state index contributed by atoms with van der Waals surface area (Å²) in [6, 6.07) is 112. The minimum Gasteiger partial charge on any atom is -0.245 e. The molecule has 0 saturated heterocycles. The maximum absolute atomic E-state index is 6.29. The average molecular weight is 1080 g/mol. The van der Waals surface area contributed by atoms with Crippen LogP contribution in [0.2, 0.25) is 0 Å². The second-order valence-electron chi connectivity index (χ2n) is 23.1. The van der Waals surface area contributed by atoms with E-state index in [0.717, 1.165) is 45.1 Å². The third kappa shape index (κ3) is 10.6. The first-order valence-corrected chi connectivity index (χ1v) is 29.8. The van der Waals surface area contributed by atoms with Crippen molar-refractivity contribution in [3.8, 4) is 0 Å². The molecule has 0 aliphatic heterocycles. The first-order valence-electron chi connectivity index (χ1n) is 29.8. The molecular weight excluding hydrogens is 1010 g/mol. The Morgan fingerprint density at radius 3 is 0.714 bits per heavy atom. The highest BCUT2D eigenvalue weighted by molar-refractivity contribution is 6.61. The fourth-order valence-corrected chi connectivity index (χ4v) is 13.2. The van der Waals surface area contributed by atoms with Gasteiger partial charge in [-0.15, -0.1) is 0 Å². The fourth-order valence-electron chi connectivity index (χ4n) is 13.2. The molecule has 1 aliphatic rings. The Hall–Kier alpha value is -9.76. The van der Waals surface area contributed by atoms with Gasteiger partial charge in [0, 0.05) is 40.2 Å². The predicted molar refractivity (Wildman–Crippen MR) is 353 cm³/mol. The van der Waals surface area contributed by atoms with Gasteiger partial charge in [0.05, 0.1) is 22.8 Å². The van der Waals surface area contributed by atoms with Gasteiger partial charge in [0.2, 0.25) is 0 Å². The zero-order valence-electron chi connectivity index (χ0n) is 48.2. The first-order chi connectivity index (χ1) is 41.4. The van der Waals surface area contributed by atoms with Crippen molar-refractivity contribution in [3.63, 3.8) is 0 Å². The maximum Gasteiger partial charge on any atom is 0.0979 e. The van der Waals surface area contributed by atoms with Crippen molar-refractivity contribution in [2.75, 3.05) is 0 Å². The lowest BCUT2D eigenvalue weighted by atomic mass is 9.77. The van der Waals surface area contributed by atoms with E-state index < -0.39 is 0 Å². The van der Waals surface area contributed by atoms with Crippen LogP contribution in [0, 0.1) is 0 Å². The van der Waals surface area contributed by atoms with Crippen molar-refractivity contribution < 1.29 is 0 Å². The lowest BCUT2D eigenvalue weighted by Gasteiger charge is -2.28. The van der Waals surface area contributed by atoms with E-state index in [1.807, 2.05) is 0 Å². The van der Waals surface area contributed by atoms with Gasteiger partial charge in [-0.2, -0.15) is 0 Å². The molecule has 0 fully saturated rings. The number of hydrogen-bond donors (Lipinski definition) is 0. The highest BCUT2D eigenvalue weighted by atomic mass is 14.9. The molecule has 0 heterocycles. The molecule has 2 nitrogen and oxygen atoms in total. The molecule has 12 aromatic rings. The summed E-state index contributed by atoms with van der Waals surface area (Å²) in [6.07, 6.45) is 0. The van der Waals surface area contributed by atoms with Crippen LogP contribution in [0.1, 0.15) is 152 Å². The first kappa shape index (κ1) is 53.5. The van der Waals surface area contributed by atoms with Crippen LogP contribution in [0.5, 0.6) is 0 Å². The van der Waals surface area contributed by atoms with Crippen molar-refractivity contribution in [2.45, 2.75) is 63.2 Å². The number of benzene rings is 12. The van der Waals surface area contributed by atoms with E-state index in [1.54, 1.807) is 0 Å². The van der Waals surface area contributed by atoms with E-state index in [-0.39, 0.29) is 35.5 Å². The number of hydrogen-bond acceptors (Lipinski definition) is 2. The Labute approximate surface area is 496 Å². The molecule has 0 N–H and O–H groups in total. The Balaban J connectivity index is 1.14. The maximum atomic E-state index is 6.29. The molecule has 12 aromatic carbocycles. The van der Waals surface area contributed by atoms with Gasteiger partial charge in [-0.05, 0) is 95.1 Å². The average Bonchev–Trinajstić information content (AvgIpc) is 2.36. The molecule has 0 amide bonds. The predicted octanol–water partition coefficient (Wildman–Crippen LogP) is 21.1. The quantitative estimate of drug-likeness (QED) is 0.0862. The summed E-state index contributed by atoms with van der Waals surface area (Å²) in [7, 11) is 0. The number of aliphatic imine (C=N–C) groups is 2. The molecule has 0 bridgehead atoms. The van der Waals surface area contributed by atoms with Gasteiger partial charge in [-0.3, -0.25) is 0 Å². The number of nitrogens with zero attached hydrogens (tertiary/aromatic N) is 2. The number of rotatable bonds is 16. The van der Waals surface area contributed by atoms with E-state index >= 15 is 0 Å². The highest BCUT2D eigenvalue weighted by Gasteiger charge is 2.34. The Bertz CT molecular complexity index is 3830. The largest absolute Gasteiger partial charge is 0.245 e. The Morgan fingerprint density at radius 2 is 0.464 bits per heavy atom. The summed E-state index contributed by atoms with van der Waals surface area (Å²) in [5, 5.41) is 2.35. The molecule has 0 spiro atoms. The molecule has 0 aromatic heterocycles. The Kier molecular flexibility index (Phi) is 15.3. The standard InChI is InChI=1S/C82H68N2/c1-55(2)70-51-66(74(57-31-13-5-14-32-57)58-33-15-6-16-34-58)53-72(76(61-39-21-9-22-40-61)62-41-23-10-24-42-62)79(70)83-81-68-49-29-47-65-48-30-50-69(78(65)68)82(81)84-80-71(56(3)4)52-67(75(59-35-17-7-18-36-59)60-37-19-8-20-38-60)54-73(80)77(63-43-25-11-26-44-63)64-45-27-12-28-46-64/h5-56,74-77H,1-4H3. The summed E-state index contributed by atoms with van der Waals surface area (Å²) in [5.41, 5.74) is 22.9. The van der Waals surface area contributed by atoms with Crippen molar-refractivity contribution >= 4 is 33.6 Å². The Morgan fingerprint density at radius 1 is 0.226 bits per heavy atom. The van der Waals surface area contributed by atoms with Gasteiger partial charge < -0.3 is 0 Å². The molecule has 1 aliphatic carbocycles. The second kappa shape index (κ2) is 24.0. The molecule has 2 heteroatoms. The van der Waals surface area contributed by atoms with E-state index in [4.69, 9.17) is 9.98 Å². The highest BCUT2D eigenvalue weighted by Crippen LogP contribution is 2.49. The van der Waals surface area contributed by atoms with Gasteiger partial charge in [0.1, 0.15) is 0 Å². The van der Waals surface area contributed by atoms with Crippen LogP contribution in [0.3, 0.4) is 0 Å². The SMILES string of the molecule is CC(C)c1cc(C(c2ccccc2)c2ccccc2)cc(C(c2ccccc2)c2ccccc2)c1N=C1C(=Nc2c(C(C)C)cc(C(c3ccccc3)c3ccccc3)cc2C(c2ccccc2)c2ccccc2)c2cccc3cccc1c23. The molecule has 13 rings (SSSR count). The summed E-state index contributed by atoms with van der Waals surface area (Å²) in [4.78, 5) is 12.6. The van der Waals surface area contributed by atoms with Crippen molar-refractivity contribution in [3.05, 3.63) is 392 Å². The molecule has 0 radical (unpaired) electrons. The molecule has 0 saturated carbocycles. The van der Waals surface area contributed by atoms with Crippen LogP contribution in [-0.2, 0) is 0 Å². The van der Waals surface area contributed by atoms with Crippen molar-refractivity contribution in [1.82, 2.24) is 0 Å². The van der Waals surface area contributed by atoms with Crippen LogP contribution in [0.25, 0.3) is 10.8 Å². The fraction of sp³-hybridized carbons (Fsp3) is 0.122. The normalized spacial score (nSPS) is 13.2. The monoisotopic (exact) mass is 1080 g/mol. The molecule has 0 unspecified atom stereocenters. The lowest BCUT2D eigenvalue weighted by Crippen LogP contribution is -2.14. The zero-order valence-corrected chi connectivity index (χ0v) is 48.2. The van der Waals surface area contributed by atoms with E-state index in [9.17, 15) is 0 Å². The lowest BCUT2D eigenvalue weighted by molar-refractivity contribution is 0.845. The van der Waals surface area contributed by atoms with Crippen molar-refractivity contribution in [1.29, 1.82) is 0 Å². The zero-order chi connectivity index (χ0) is 56.9. The summed E-state index contributed by atoms with van der Waals surface area (Å²) in [6.45, 7) is 9.33. The molecule has 0 atom stereocenters. The van der Waals surface area contributed by atoms with Gasteiger partial charge in [-0.1, -0.05) is 331 Å². The third-order valence-corrected chi connectivity index (χ3v) is 17.1.